The van der Waals surface area contributed by atoms with Crippen molar-refractivity contribution < 1.29 is 14.4 Å². The summed E-state index contributed by atoms with van der Waals surface area (Å²) in [6.45, 7) is 10.2. The maximum atomic E-state index is 13.6. The molecule has 30 heavy (non-hydrogen) atoms. The van der Waals surface area contributed by atoms with Gasteiger partial charge in [0.2, 0.25) is 5.78 Å². The van der Waals surface area contributed by atoms with Crippen LogP contribution in [0.4, 0.5) is 0 Å². The van der Waals surface area contributed by atoms with E-state index in [-0.39, 0.29) is 5.78 Å². The number of fused-ring (bicyclic) bond motifs is 1. The van der Waals surface area contributed by atoms with E-state index in [4.69, 9.17) is 4.74 Å². The predicted molar refractivity (Wildman–Crippen MR) is 122 cm³/mol. The van der Waals surface area contributed by atoms with Gasteiger partial charge in [0.05, 0.1) is 25.8 Å². The molecule has 0 aliphatic carbocycles. The van der Waals surface area contributed by atoms with Crippen molar-refractivity contribution in [1.82, 2.24) is 4.57 Å². The van der Waals surface area contributed by atoms with Crippen LogP contribution in [0.1, 0.15) is 41.9 Å². The third-order valence-electron chi connectivity index (χ3n) is 6.48. The summed E-state index contributed by atoms with van der Waals surface area (Å²) in [5, 5.41) is 1.00. The molecule has 1 aliphatic heterocycles. The fraction of sp³-hybridized carbons (Fsp3) is 0.423. The molecule has 0 bridgehead atoms. The van der Waals surface area contributed by atoms with Gasteiger partial charge in [0.1, 0.15) is 12.3 Å². The van der Waals surface area contributed by atoms with Crippen molar-refractivity contribution in [2.45, 2.75) is 33.7 Å². The number of methoxy groups -OCH3 is 1. The lowest BCUT2D eigenvalue weighted by Gasteiger charge is -2.31. The van der Waals surface area contributed by atoms with Gasteiger partial charge in [-0.05, 0) is 37.1 Å². The standard InChI is InChI=1S/C26H32N2O2/c1-18-12-19(2)15-27(14-18)17-25(29)26-20(3)28(16-21-8-6-5-7-9-21)24-11-10-22(30-4)13-23(24)26/h5-11,13,18-19H,12,14-17H2,1-4H3/p+1/t18-,19+. The fourth-order valence-corrected chi connectivity index (χ4v) is 5.29. The molecule has 2 aromatic carbocycles. The molecule has 1 saturated heterocycles. The van der Waals surface area contributed by atoms with Gasteiger partial charge in [0.15, 0.2) is 0 Å². The SMILES string of the molecule is COc1ccc2c(c1)c(C(=O)C[NH+]1C[C@H](C)C[C@H](C)C1)c(C)n2Cc1ccccc1. The molecule has 0 amide bonds. The minimum Gasteiger partial charge on any atom is -0.497 e. The first-order valence-electron chi connectivity index (χ1n) is 11.0. The van der Waals surface area contributed by atoms with Gasteiger partial charge in [-0.1, -0.05) is 44.2 Å². The molecule has 1 fully saturated rings. The smallest absolute Gasteiger partial charge is 0.219 e. The zero-order chi connectivity index (χ0) is 21.3. The van der Waals surface area contributed by atoms with Crippen molar-refractivity contribution in [2.24, 2.45) is 11.8 Å². The van der Waals surface area contributed by atoms with Gasteiger partial charge < -0.3 is 14.2 Å². The minimum atomic E-state index is 0.244. The predicted octanol–water partition coefficient (Wildman–Crippen LogP) is 3.75. The van der Waals surface area contributed by atoms with Crippen LogP contribution in [-0.4, -0.2) is 37.1 Å². The van der Waals surface area contributed by atoms with Crippen LogP contribution >= 0.6 is 0 Å². The third kappa shape index (κ3) is 4.15. The highest BCUT2D eigenvalue weighted by Crippen LogP contribution is 2.30. The molecule has 3 atom stereocenters. The molecule has 3 aromatic rings. The minimum absolute atomic E-state index is 0.244. The Bertz CT molecular complexity index is 1030. The maximum Gasteiger partial charge on any atom is 0.219 e. The lowest BCUT2D eigenvalue weighted by atomic mass is 9.91. The number of nitrogens with one attached hydrogen (secondary N) is 1. The van der Waals surface area contributed by atoms with E-state index < -0.39 is 0 Å². The molecular weight excluding hydrogens is 372 g/mol. The summed E-state index contributed by atoms with van der Waals surface area (Å²) >= 11 is 0. The molecule has 2 heterocycles. The van der Waals surface area contributed by atoms with E-state index in [1.54, 1.807) is 7.11 Å². The normalized spacial score (nSPS) is 21.7. The zero-order valence-electron chi connectivity index (χ0n) is 18.6. The molecule has 0 spiro atoms. The largest absolute Gasteiger partial charge is 0.497 e. The van der Waals surface area contributed by atoms with E-state index in [1.165, 1.54) is 16.9 Å². The molecule has 1 aliphatic rings. The number of carbonyl (C=O) groups is 1. The Kier molecular flexibility index (Phi) is 5.96. The molecule has 4 heteroatoms. The fourth-order valence-electron chi connectivity index (χ4n) is 5.29. The van der Waals surface area contributed by atoms with Crippen LogP contribution in [0.5, 0.6) is 5.75 Å². The number of nitrogens with zero attached hydrogens (tertiary/aromatic N) is 1. The zero-order valence-corrected chi connectivity index (χ0v) is 18.6. The molecule has 1 unspecified atom stereocenters. The number of hydrogen-bond acceptors (Lipinski definition) is 2. The number of hydrogen-bond donors (Lipinski definition) is 1. The highest BCUT2D eigenvalue weighted by molar-refractivity contribution is 6.10. The van der Waals surface area contributed by atoms with Crippen LogP contribution in [0.25, 0.3) is 10.9 Å². The Morgan fingerprint density at radius 1 is 1.10 bits per heavy atom. The summed E-state index contributed by atoms with van der Waals surface area (Å²) in [7, 11) is 1.68. The molecule has 4 nitrogen and oxygen atoms in total. The van der Waals surface area contributed by atoms with Crippen molar-refractivity contribution in [3.05, 3.63) is 65.4 Å². The van der Waals surface area contributed by atoms with E-state index >= 15 is 0 Å². The van der Waals surface area contributed by atoms with E-state index in [0.29, 0.717) is 18.4 Å². The lowest BCUT2D eigenvalue weighted by molar-refractivity contribution is -0.903. The Morgan fingerprint density at radius 2 is 1.80 bits per heavy atom. The summed E-state index contributed by atoms with van der Waals surface area (Å²) in [5.74, 6) is 2.39. The number of aromatic nitrogens is 1. The summed E-state index contributed by atoms with van der Waals surface area (Å²) in [4.78, 5) is 15.0. The number of piperidine rings is 1. The van der Waals surface area contributed by atoms with Crippen molar-refractivity contribution in [2.75, 3.05) is 26.7 Å². The van der Waals surface area contributed by atoms with Gasteiger partial charge in [0, 0.05) is 35.0 Å². The molecule has 4 rings (SSSR count). The van der Waals surface area contributed by atoms with Crippen LogP contribution in [0.2, 0.25) is 0 Å². The number of ketones is 1. The second-order valence-electron chi connectivity index (χ2n) is 9.12. The second kappa shape index (κ2) is 8.65. The summed E-state index contributed by atoms with van der Waals surface area (Å²) in [5.41, 5.74) is 4.23. The van der Waals surface area contributed by atoms with E-state index in [1.807, 2.05) is 18.2 Å². The van der Waals surface area contributed by atoms with Crippen molar-refractivity contribution in [3.63, 3.8) is 0 Å². The quantitative estimate of drug-likeness (QED) is 0.634. The second-order valence-corrected chi connectivity index (χ2v) is 9.12. The Hall–Kier alpha value is -2.59. The number of quaternary nitrogens is 1. The highest BCUT2D eigenvalue weighted by Gasteiger charge is 2.29. The number of carbonyl (C=O) groups excluding carboxylic acids is 1. The van der Waals surface area contributed by atoms with Crippen LogP contribution in [0, 0.1) is 18.8 Å². The average Bonchev–Trinajstić information content (AvgIpc) is 2.98. The number of rotatable bonds is 6. The Balaban J connectivity index is 1.72. The van der Waals surface area contributed by atoms with Crippen molar-refractivity contribution in [3.8, 4) is 5.75 Å². The van der Waals surface area contributed by atoms with Crippen molar-refractivity contribution >= 4 is 16.7 Å². The van der Waals surface area contributed by atoms with Crippen LogP contribution in [0.3, 0.4) is 0 Å². The Labute approximate surface area is 179 Å². The van der Waals surface area contributed by atoms with Crippen LogP contribution in [0.15, 0.2) is 48.5 Å². The molecule has 0 radical (unpaired) electrons. The van der Waals surface area contributed by atoms with E-state index in [0.717, 1.165) is 47.5 Å². The number of likely N-dealkylation sites (tertiary alicyclic amines) is 1. The maximum absolute atomic E-state index is 13.6. The van der Waals surface area contributed by atoms with Crippen molar-refractivity contribution in [1.29, 1.82) is 0 Å². The Morgan fingerprint density at radius 3 is 2.47 bits per heavy atom. The van der Waals surface area contributed by atoms with Crippen LogP contribution < -0.4 is 9.64 Å². The first-order chi connectivity index (χ1) is 14.5. The molecule has 1 aromatic heterocycles. The average molecular weight is 406 g/mol. The summed E-state index contributed by atoms with van der Waals surface area (Å²) < 4.78 is 7.75. The number of Topliss-reactive ketones (excluding diaryl/α,β-unsaturated/α-hetero) is 1. The topological polar surface area (TPSA) is 35.7 Å². The van der Waals surface area contributed by atoms with E-state index in [9.17, 15) is 4.79 Å². The van der Waals surface area contributed by atoms with Gasteiger partial charge in [-0.2, -0.15) is 0 Å². The molecule has 1 N–H and O–H groups in total. The van der Waals surface area contributed by atoms with Gasteiger partial charge >= 0.3 is 0 Å². The lowest BCUT2D eigenvalue weighted by Crippen LogP contribution is -3.15. The highest BCUT2D eigenvalue weighted by atomic mass is 16.5. The van der Waals surface area contributed by atoms with E-state index in [2.05, 4.69) is 55.7 Å². The van der Waals surface area contributed by atoms with Gasteiger partial charge in [-0.25, -0.2) is 0 Å². The number of benzene rings is 2. The number of ether oxygens (including phenoxy) is 1. The molecular formula is C26H33N2O2+. The van der Waals surface area contributed by atoms with Gasteiger partial charge in [-0.3, -0.25) is 4.79 Å². The molecule has 0 saturated carbocycles. The van der Waals surface area contributed by atoms with Gasteiger partial charge in [0.25, 0.3) is 0 Å². The van der Waals surface area contributed by atoms with Gasteiger partial charge in [-0.15, -0.1) is 0 Å². The summed E-state index contributed by atoms with van der Waals surface area (Å²) in [6, 6.07) is 16.5. The first-order valence-corrected chi connectivity index (χ1v) is 11.0. The molecule has 158 valence electrons. The summed E-state index contributed by atoms with van der Waals surface area (Å²) in [6.07, 6.45) is 1.27. The monoisotopic (exact) mass is 405 g/mol. The van der Waals surface area contributed by atoms with Crippen LogP contribution in [-0.2, 0) is 6.54 Å². The first kappa shape index (κ1) is 20.7. The third-order valence-corrected chi connectivity index (χ3v) is 6.48.